The first-order valence-electron chi connectivity index (χ1n) is 10.3. The standard InChI is InChI=1S/C23H23N5S2/c1-2-3-14-28-21(20(26-22(28)29)17-10-6-7-13-24-17)18-11-8-15-27(18)23-25-16-9-4-5-12-19(16)30-23/h4-13,15,20-21H,2-3,14H2,1H3,(H,26,29)/t20-,21-/m1/s1. The summed E-state index contributed by atoms with van der Waals surface area (Å²) in [5.74, 6) is 0. The number of nitrogens with one attached hydrogen (secondary N) is 1. The Kier molecular flexibility index (Phi) is 5.23. The van der Waals surface area contributed by atoms with Gasteiger partial charge in [0.2, 0.25) is 0 Å². The molecule has 0 unspecified atom stereocenters. The molecule has 30 heavy (non-hydrogen) atoms. The van der Waals surface area contributed by atoms with Gasteiger partial charge in [0, 0.05) is 18.9 Å². The van der Waals surface area contributed by atoms with Crippen LogP contribution in [0.1, 0.15) is 43.2 Å². The first kappa shape index (κ1) is 19.2. The van der Waals surface area contributed by atoms with Crippen LogP contribution in [-0.4, -0.2) is 31.1 Å². The zero-order valence-corrected chi connectivity index (χ0v) is 18.4. The van der Waals surface area contributed by atoms with E-state index in [2.05, 4.69) is 69.3 Å². The maximum absolute atomic E-state index is 5.76. The SMILES string of the molecule is CCCCN1C(=S)N[C@H](c2ccccn2)[C@H]1c1cccn1-c1nc2ccccc2s1. The molecule has 4 heterocycles. The number of hydrogen-bond acceptors (Lipinski definition) is 4. The van der Waals surface area contributed by atoms with Gasteiger partial charge in [-0.25, -0.2) is 4.98 Å². The quantitative estimate of drug-likeness (QED) is 0.421. The fourth-order valence-corrected chi connectivity index (χ4v) is 5.37. The van der Waals surface area contributed by atoms with E-state index in [9.17, 15) is 0 Å². The van der Waals surface area contributed by atoms with Crippen LogP contribution in [0.2, 0.25) is 0 Å². The molecular formula is C23H23N5S2. The molecule has 1 aliphatic rings. The predicted octanol–water partition coefficient (Wildman–Crippen LogP) is 5.25. The van der Waals surface area contributed by atoms with E-state index >= 15 is 0 Å². The van der Waals surface area contributed by atoms with E-state index in [1.807, 2.05) is 24.4 Å². The van der Waals surface area contributed by atoms with Gasteiger partial charge in [-0.2, -0.15) is 0 Å². The number of para-hydroxylation sites is 1. The van der Waals surface area contributed by atoms with Gasteiger partial charge in [-0.15, -0.1) is 0 Å². The lowest BCUT2D eigenvalue weighted by Gasteiger charge is -2.28. The molecule has 1 aromatic carbocycles. The number of unbranched alkanes of at least 4 members (excludes halogenated alkanes) is 1. The number of rotatable bonds is 6. The van der Waals surface area contributed by atoms with E-state index < -0.39 is 0 Å². The summed E-state index contributed by atoms with van der Waals surface area (Å²) in [5, 5.41) is 5.31. The molecule has 7 heteroatoms. The van der Waals surface area contributed by atoms with Crippen LogP contribution in [-0.2, 0) is 0 Å². The van der Waals surface area contributed by atoms with Crippen LogP contribution in [0, 0.1) is 0 Å². The fourth-order valence-electron chi connectivity index (χ4n) is 4.07. The molecule has 0 bridgehead atoms. The molecule has 5 rings (SSSR count). The Hall–Kier alpha value is -2.77. The number of pyridine rings is 1. The van der Waals surface area contributed by atoms with Gasteiger partial charge in [0.15, 0.2) is 10.2 Å². The molecule has 1 saturated heterocycles. The number of thiazole rings is 1. The third kappa shape index (κ3) is 3.38. The molecule has 1 aliphatic heterocycles. The Morgan fingerprint density at radius 3 is 2.77 bits per heavy atom. The zero-order valence-electron chi connectivity index (χ0n) is 16.7. The fraction of sp³-hybridized carbons (Fsp3) is 0.261. The van der Waals surface area contributed by atoms with Crippen molar-refractivity contribution in [3.8, 4) is 5.13 Å². The van der Waals surface area contributed by atoms with E-state index in [0.29, 0.717) is 0 Å². The molecular weight excluding hydrogens is 410 g/mol. The van der Waals surface area contributed by atoms with Crippen molar-refractivity contribution in [1.29, 1.82) is 0 Å². The minimum absolute atomic E-state index is 0.00131. The third-order valence-corrected chi connectivity index (χ3v) is 6.91. The summed E-state index contributed by atoms with van der Waals surface area (Å²) in [6, 6.07) is 18.7. The second-order valence-corrected chi connectivity index (χ2v) is 8.84. The lowest BCUT2D eigenvalue weighted by molar-refractivity contribution is 0.304. The van der Waals surface area contributed by atoms with Gasteiger partial charge in [0.1, 0.15) is 0 Å². The second-order valence-electron chi connectivity index (χ2n) is 7.44. The number of nitrogens with zero attached hydrogens (tertiary/aromatic N) is 4. The number of thiocarbonyl (C=S) groups is 1. The molecule has 5 nitrogen and oxygen atoms in total. The van der Waals surface area contributed by atoms with Crippen LogP contribution in [0.15, 0.2) is 67.0 Å². The van der Waals surface area contributed by atoms with Crippen LogP contribution >= 0.6 is 23.6 Å². The van der Waals surface area contributed by atoms with E-state index in [1.165, 1.54) is 10.4 Å². The summed E-state index contributed by atoms with van der Waals surface area (Å²) in [5.41, 5.74) is 3.20. The zero-order chi connectivity index (χ0) is 20.5. The van der Waals surface area contributed by atoms with Crippen LogP contribution < -0.4 is 5.32 Å². The molecule has 0 saturated carbocycles. The van der Waals surface area contributed by atoms with E-state index in [-0.39, 0.29) is 12.1 Å². The molecule has 2 atom stereocenters. The first-order chi connectivity index (χ1) is 14.8. The maximum Gasteiger partial charge on any atom is 0.194 e. The van der Waals surface area contributed by atoms with Crippen molar-refractivity contribution >= 4 is 38.9 Å². The lowest BCUT2D eigenvalue weighted by atomic mass is 10.0. The smallest absolute Gasteiger partial charge is 0.194 e. The monoisotopic (exact) mass is 433 g/mol. The number of benzene rings is 1. The van der Waals surface area contributed by atoms with Crippen molar-refractivity contribution in [3.63, 3.8) is 0 Å². The molecule has 1 fully saturated rings. The Labute approximate surface area is 185 Å². The minimum atomic E-state index is -0.00131. The number of hydrogen-bond donors (Lipinski definition) is 1. The lowest BCUT2D eigenvalue weighted by Crippen LogP contribution is -2.31. The first-order valence-corrected chi connectivity index (χ1v) is 11.5. The second kappa shape index (κ2) is 8.16. The normalized spacial score (nSPS) is 18.8. The highest BCUT2D eigenvalue weighted by molar-refractivity contribution is 7.80. The van der Waals surface area contributed by atoms with Gasteiger partial charge < -0.3 is 10.2 Å². The number of aromatic nitrogens is 3. The van der Waals surface area contributed by atoms with Crippen molar-refractivity contribution in [3.05, 3.63) is 78.4 Å². The summed E-state index contributed by atoms with van der Waals surface area (Å²) in [7, 11) is 0. The van der Waals surface area contributed by atoms with Gasteiger partial charge in [-0.1, -0.05) is 42.9 Å². The van der Waals surface area contributed by atoms with Crippen molar-refractivity contribution < 1.29 is 0 Å². The summed E-state index contributed by atoms with van der Waals surface area (Å²) in [6.07, 6.45) is 6.16. The summed E-state index contributed by atoms with van der Waals surface area (Å²) in [6.45, 7) is 3.13. The molecule has 152 valence electrons. The molecule has 0 amide bonds. The predicted molar refractivity (Wildman–Crippen MR) is 126 cm³/mol. The Balaban J connectivity index is 1.60. The Bertz CT molecular complexity index is 1130. The van der Waals surface area contributed by atoms with Gasteiger partial charge in [-0.3, -0.25) is 9.55 Å². The van der Waals surface area contributed by atoms with E-state index in [1.54, 1.807) is 11.3 Å². The molecule has 0 aliphatic carbocycles. The highest BCUT2D eigenvalue weighted by atomic mass is 32.1. The maximum atomic E-state index is 5.76. The average Bonchev–Trinajstić information content (AvgIpc) is 3.49. The van der Waals surface area contributed by atoms with Crippen LogP contribution in [0.3, 0.4) is 0 Å². The van der Waals surface area contributed by atoms with Crippen molar-refractivity contribution in [2.24, 2.45) is 0 Å². The minimum Gasteiger partial charge on any atom is -0.352 e. The summed E-state index contributed by atoms with van der Waals surface area (Å²) >= 11 is 7.47. The van der Waals surface area contributed by atoms with Crippen molar-refractivity contribution in [2.75, 3.05) is 6.54 Å². The van der Waals surface area contributed by atoms with Gasteiger partial charge in [-0.05, 0) is 55.0 Å². The van der Waals surface area contributed by atoms with Gasteiger partial charge in [0.25, 0.3) is 0 Å². The number of fused-ring (bicyclic) bond motifs is 1. The molecule has 0 radical (unpaired) electrons. The highest BCUT2D eigenvalue weighted by Gasteiger charge is 2.41. The van der Waals surface area contributed by atoms with Gasteiger partial charge >= 0.3 is 0 Å². The van der Waals surface area contributed by atoms with Crippen LogP contribution in [0.5, 0.6) is 0 Å². The van der Waals surface area contributed by atoms with Crippen molar-refractivity contribution in [1.82, 2.24) is 24.8 Å². The third-order valence-electron chi connectivity index (χ3n) is 5.52. The van der Waals surface area contributed by atoms with Crippen LogP contribution in [0.4, 0.5) is 0 Å². The van der Waals surface area contributed by atoms with E-state index in [4.69, 9.17) is 17.2 Å². The molecule has 0 spiro atoms. The molecule has 1 N–H and O–H groups in total. The Morgan fingerprint density at radius 2 is 1.97 bits per heavy atom. The largest absolute Gasteiger partial charge is 0.352 e. The van der Waals surface area contributed by atoms with Crippen molar-refractivity contribution in [2.45, 2.75) is 31.8 Å². The van der Waals surface area contributed by atoms with Gasteiger partial charge in [0.05, 0.1) is 33.7 Å². The van der Waals surface area contributed by atoms with Crippen LogP contribution in [0.25, 0.3) is 15.3 Å². The summed E-state index contributed by atoms with van der Waals surface area (Å²) in [4.78, 5) is 11.8. The topological polar surface area (TPSA) is 46.0 Å². The molecule has 3 aromatic heterocycles. The average molecular weight is 434 g/mol. The highest BCUT2D eigenvalue weighted by Crippen LogP contribution is 2.40. The van der Waals surface area contributed by atoms with E-state index in [0.717, 1.165) is 40.8 Å². The molecule has 4 aromatic rings. The summed E-state index contributed by atoms with van der Waals surface area (Å²) < 4.78 is 3.40. The Morgan fingerprint density at radius 1 is 1.10 bits per heavy atom.